The summed E-state index contributed by atoms with van der Waals surface area (Å²) in [6, 6.07) is 3.95. The van der Waals surface area contributed by atoms with Gasteiger partial charge in [0.1, 0.15) is 5.82 Å². The van der Waals surface area contributed by atoms with Crippen LogP contribution in [0.15, 0.2) is 18.2 Å². The molecule has 0 radical (unpaired) electrons. The molecule has 23 heavy (non-hydrogen) atoms. The van der Waals surface area contributed by atoms with E-state index in [2.05, 4.69) is 5.32 Å². The summed E-state index contributed by atoms with van der Waals surface area (Å²) >= 11 is 5.64. The Morgan fingerprint density at radius 3 is 2.78 bits per heavy atom. The molecule has 3 atom stereocenters. The Kier molecular flexibility index (Phi) is 4.85. The maximum atomic E-state index is 13.6. The molecular weight excluding hydrogens is 321 g/mol. The van der Waals surface area contributed by atoms with E-state index in [4.69, 9.17) is 16.3 Å². The Morgan fingerprint density at radius 2 is 2.13 bits per heavy atom. The van der Waals surface area contributed by atoms with Crippen LogP contribution in [0.25, 0.3) is 0 Å². The number of carbonyl (C=O) groups is 2. The maximum Gasteiger partial charge on any atom is 0.306 e. The SMILES string of the molecule is O=C(COC(=O)C[C@@H]1C[C@@H]2CC[C@@H]1C2)Nc1ccc(Cl)cc1F. The summed E-state index contributed by atoms with van der Waals surface area (Å²) in [5.74, 6) is 0.275. The first-order valence-corrected chi connectivity index (χ1v) is 8.29. The standard InChI is InChI=1S/C17H19ClFNO3/c18-13-3-4-15(14(19)8-13)20-16(21)9-23-17(22)7-12-6-10-1-2-11(12)5-10/h3-4,8,10-12H,1-2,5-7,9H2,(H,20,21)/t10-,11-,12+/m1/s1. The minimum atomic E-state index is -0.626. The van der Waals surface area contributed by atoms with Crippen molar-refractivity contribution in [2.75, 3.05) is 11.9 Å². The molecule has 2 saturated carbocycles. The number of esters is 1. The molecule has 1 aromatic carbocycles. The van der Waals surface area contributed by atoms with Crippen molar-refractivity contribution in [2.45, 2.75) is 32.1 Å². The van der Waals surface area contributed by atoms with Gasteiger partial charge >= 0.3 is 5.97 Å². The fourth-order valence-corrected chi connectivity index (χ4v) is 3.98. The molecule has 2 aliphatic carbocycles. The van der Waals surface area contributed by atoms with Crippen molar-refractivity contribution in [1.29, 1.82) is 0 Å². The molecule has 0 unspecified atom stereocenters. The van der Waals surface area contributed by atoms with Crippen molar-refractivity contribution < 1.29 is 18.7 Å². The second kappa shape index (κ2) is 6.87. The highest BCUT2D eigenvalue weighted by Crippen LogP contribution is 2.49. The van der Waals surface area contributed by atoms with Crippen molar-refractivity contribution in [3.8, 4) is 0 Å². The lowest BCUT2D eigenvalue weighted by molar-refractivity contribution is -0.148. The summed E-state index contributed by atoms with van der Waals surface area (Å²) < 4.78 is 18.6. The molecule has 0 spiro atoms. The van der Waals surface area contributed by atoms with E-state index < -0.39 is 18.3 Å². The molecule has 2 bridgehead atoms. The number of rotatable bonds is 5. The number of fused-ring (bicyclic) bond motifs is 2. The van der Waals surface area contributed by atoms with Crippen molar-refractivity contribution >= 4 is 29.2 Å². The number of hydrogen-bond donors (Lipinski definition) is 1. The summed E-state index contributed by atoms with van der Waals surface area (Å²) in [7, 11) is 0. The number of hydrogen-bond acceptors (Lipinski definition) is 3. The smallest absolute Gasteiger partial charge is 0.306 e. The third-order valence-electron chi connectivity index (χ3n) is 4.88. The summed E-state index contributed by atoms with van der Waals surface area (Å²) in [6.45, 7) is -0.401. The fourth-order valence-electron chi connectivity index (χ4n) is 3.82. The average molecular weight is 340 g/mol. The Bertz CT molecular complexity index is 622. The Labute approximate surface area is 139 Å². The Balaban J connectivity index is 1.42. The summed E-state index contributed by atoms with van der Waals surface area (Å²) in [6.07, 6.45) is 5.20. The van der Waals surface area contributed by atoms with Gasteiger partial charge in [-0.05, 0) is 55.2 Å². The van der Waals surface area contributed by atoms with Crippen LogP contribution in [-0.2, 0) is 14.3 Å². The van der Waals surface area contributed by atoms with E-state index in [9.17, 15) is 14.0 Å². The normalized spacial score (nSPS) is 25.4. The number of nitrogens with one attached hydrogen (secondary N) is 1. The minimum Gasteiger partial charge on any atom is -0.456 e. The van der Waals surface area contributed by atoms with Crippen molar-refractivity contribution in [2.24, 2.45) is 17.8 Å². The predicted octanol–water partition coefficient (Wildman–Crippen LogP) is 3.79. The molecule has 0 aliphatic heterocycles. The molecule has 1 amide bonds. The number of carbonyl (C=O) groups excluding carboxylic acids is 2. The first kappa shape index (κ1) is 16.2. The van der Waals surface area contributed by atoms with Gasteiger partial charge in [-0.25, -0.2) is 4.39 Å². The highest BCUT2D eigenvalue weighted by atomic mass is 35.5. The molecule has 2 aliphatic rings. The second-order valence-corrected chi connectivity index (χ2v) is 6.91. The maximum absolute atomic E-state index is 13.6. The lowest BCUT2D eigenvalue weighted by Gasteiger charge is -2.20. The van der Waals surface area contributed by atoms with Gasteiger partial charge in [-0.3, -0.25) is 9.59 Å². The van der Waals surface area contributed by atoms with Crippen molar-refractivity contribution in [3.63, 3.8) is 0 Å². The molecule has 6 heteroatoms. The van der Waals surface area contributed by atoms with E-state index in [1.807, 2.05) is 0 Å². The van der Waals surface area contributed by atoms with Gasteiger partial charge in [-0.2, -0.15) is 0 Å². The summed E-state index contributed by atoms with van der Waals surface area (Å²) in [5, 5.41) is 2.61. The monoisotopic (exact) mass is 339 g/mol. The van der Waals surface area contributed by atoms with Gasteiger partial charge in [0, 0.05) is 11.4 Å². The summed E-state index contributed by atoms with van der Waals surface area (Å²) in [5.41, 5.74) is 0.0172. The van der Waals surface area contributed by atoms with Gasteiger partial charge in [0.2, 0.25) is 0 Å². The number of amides is 1. The van der Waals surface area contributed by atoms with Gasteiger partial charge in [-0.15, -0.1) is 0 Å². The zero-order chi connectivity index (χ0) is 16.4. The third kappa shape index (κ3) is 4.02. The van der Waals surface area contributed by atoms with Crippen LogP contribution in [0.2, 0.25) is 5.02 Å². The highest BCUT2D eigenvalue weighted by Gasteiger charge is 2.40. The average Bonchev–Trinajstić information content (AvgIpc) is 3.11. The van der Waals surface area contributed by atoms with E-state index in [0.717, 1.165) is 18.4 Å². The van der Waals surface area contributed by atoms with Crippen LogP contribution in [-0.4, -0.2) is 18.5 Å². The van der Waals surface area contributed by atoms with Gasteiger partial charge in [0.15, 0.2) is 6.61 Å². The molecule has 0 heterocycles. The molecule has 0 aromatic heterocycles. The van der Waals surface area contributed by atoms with Crippen LogP contribution in [0, 0.1) is 23.6 Å². The molecule has 1 aromatic rings. The van der Waals surface area contributed by atoms with Crippen LogP contribution in [0.5, 0.6) is 0 Å². The van der Waals surface area contributed by atoms with Gasteiger partial charge in [-0.1, -0.05) is 18.0 Å². The summed E-state index contributed by atoms with van der Waals surface area (Å²) in [4.78, 5) is 23.6. The molecule has 3 rings (SSSR count). The Hall–Kier alpha value is -1.62. The van der Waals surface area contributed by atoms with Crippen LogP contribution < -0.4 is 5.32 Å². The lowest BCUT2D eigenvalue weighted by Crippen LogP contribution is -2.23. The van der Waals surface area contributed by atoms with E-state index in [0.29, 0.717) is 18.3 Å². The van der Waals surface area contributed by atoms with E-state index in [1.165, 1.54) is 31.4 Å². The number of anilines is 1. The third-order valence-corrected chi connectivity index (χ3v) is 5.12. The highest BCUT2D eigenvalue weighted by molar-refractivity contribution is 6.30. The number of ether oxygens (including phenoxy) is 1. The van der Waals surface area contributed by atoms with Gasteiger partial charge in [0.25, 0.3) is 5.91 Å². The molecule has 4 nitrogen and oxygen atoms in total. The molecule has 2 fully saturated rings. The van der Waals surface area contributed by atoms with E-state index in [-0.39, 0.29) is 16.7 Å². The van der Waals surface area contributed by atoms with E-state index in [1.54, 1.807) is 0 Å². The van der Waals surface area contributed by atoms with E-state index >= 15 is 0 Å². The lowest BCUT2D eigenvalue weighted by atomic mass is 9.86. The van der Waals surface area contributed by atoms with Crippen LogP contribution in [0.1, 0.15) is 32.1 Å². The topological polar surface area (TPSA) is 55.4 Å². The fraction of sp³-hybridized carbons (Fsp3) is 0.529. The first-order valence-electron chi connectivity index (χ1n) is 7.92. The van der Waals surface area contributed by atoms with Crippen molar-refractivity contribution in [3.05, 3.63) is 29.0 Å². The van der Waals surface area contributed by atoms with Crippen LogP contribution >= 0.6 is 11.6 Å². The van der Waals surface area contributed by atoms with Crippen LogP contribution in [0.3, 0.4) is 0 Å². The molecular formula is C17H19ClFNO3. The quantitative estimate of drug-likeness (QED) is 0.830. The molecule has 1 N–H and O–H groups in total. The largest absolute Gasteiger partial charge is 0.456 e. The first-order chi connectivity index (χ1) is 11.0. The zero-order valence-electron chi connectivity index (χ0n) is 12.7. The van der Waals surface area contributed by atoms with Gasteiger partial charge in [0.05, 0.1) is 5.69 Å². The second-order valence-electron chi connectivity index (χ2n) is 6.47. The molecule has 0 saturated heterocycles. The minimum absolute atomic E-state index is 0.0172. The zero-order valence-corrected chi connectivity index (χ0v) is 13.4. The Morgan fingerprint density at radius 1 is 1.30 bits per heavy atom. The van der Waals surface area contributed by atoms with Crippen LogP contribution in [0.4, 0.5) is 10.1 Å². The predicted molar refractivity (Wildman–Crippen MR) is 84.6 cm³/mol. The number of benzene rings is 1. The van der Waals surface area contributed by atoms with Gasteiger partial charge < -0.3 is 10.1 Å². The number of halogens is 2. The van der Waals surface area contributed by atoms with Crippen molar-refractivity contribution in [1.82, 2.24) is 0 Å². The molecule has 124 valence electrons.